The molecule has 0 fully saturated rings. The predicted molar refractivity (Wildman–Crippen MR) is 275 cm³/mol. The van der Waals surface area contributed by atoms with Crippen LogP contribution in [-0.4, -0.2) is 37.2 Å². The Morgan fingerprint density at radius 2 is 0.609 bits per heavy atom. The van der Waals surface area contributed by atoms with Gasteiger partial charge in [-0.2, -0.15) is 0 Å². The number of unbranched alkanes of at least 4 members (excludes halogenated alkanes) is 31. The molecule has 0 amide bonds. The first-order chi connectivity index (χ1) is 31.5. The quantitative estimate of drug-likeness (QED) is 0.0262. The molecule has 0 radical (unpaired) electrons. The van der Waals surface area contributed by atoms with E-state index in [0.29, 0.717) is 19.3 Å². The van der Waals surface area contributed by atoms with Crippen LogP contribution in [-0.2, 0) is 28.6 Å². The number of allylic oxidation sites excluding steroid dienone is 10. The van der Waals surface area contributed by atoms with Gasteiger partial charge < -0.3 is 14.2 Å². The van der Waals surface area contributed by atoms with Crippen molar-refractivity contribution in [3.05, 3.63) is 60.8 Å². The normalized spacial score (nSPS) is 12.5. The number of esters is 3. The van der Waals surface area contributed by atoms with Crippen molar-refractivity contribution < 1.29 is 28.6 Å². The van der Waals surface area contributed by atoms with E-state index in [1.54, 1.807) is 0 Å². The highest BCUT2D eigenvalue weighted by Gasteiger charge is 2.19. The number of carbonyl (C=O) groups is 3. The van der Waals surface area contributed by atoms with Crippen LogP contribution in [0.15, 0.2) is 60.8 Å². The van der Waals surface area contributed by atoms with E-state index in [1.807, 2.05) is 0 Å². The van der Waals surface area contributed by atoms with Gasteiger partial charge in [0.2, 0.25) is 0 Å². The second kappa shape index (κ2) is 52.7. The lowest BCUT2D eigenvalue weighted by atomic mass is 10.0. The van der Waals surface area contributed by atoms with Crippen molar-refractivity contribution in [3.63, 3.8) is 0 Å². The summed E-state index contributed by atoms with van der Waals surface area (Å²) in [6.45, 7) is 6.47. The number of hydrogen-bond donors (Lipinski definition) is 0. The first kappa shape index (κ1) is 61.1. The zero-order valence-electron chi connectivity index (χ0n) is 42.3. The molecule has 1 unspecified atom stereocenters. The summed E-state index contributed by atoms with van der Waals surface area (Å²) in [5.41, 5.74) is 0. The topological polar surface area (TPSA) is 78.9 Å². The van der Waals surface area contributed by atoms with Crippen LogP contribution in [0, 0.1) is 0 Å². The molecule has 6 heteroatoms. The Kier molecular flexibility index (Phi) is 50.4. The average molecular weight is 895 g/mol. The molecule has 370 valence electrons. The third kappa shape index (κ3) is 50.1. The predicted octanol–water partition coefficient (Wildman–Crippen LogP) is 18.0. The van der Waals surface area contributed by atoms with E-state index in [9.17, 15) is 14.4 Å². The molecule has 0 spiro atoms. The Hall–Kier alpha value is -2.89. The van der Waals surface area contributed by atoms with Gasteiger partial charge in [-0.05, 0) is 64.2 Å². The molecule has 6 nitrogen and oxygen atoms in total. The van der Waals surface area contributed by atoms with E-state index >= 15 is 0 Å². The lowest BCUT2D eigenvalue weighted by Gasteiger charge is -2.18. The van der Waals surface area contributed by atoms with Crippen LogP contribution < -0.4 is 0 Å². The molecule has 0 N–H and O–H groups in total. The molecule has 64 heavy (non-hydrogen) atoms. The van der Waals surface area contributed by atoms with Gasteiger partial charge in [-0.1, -0.05) is 248 Å². The molecule has 0 aliphatic carbocycles. The first-order valence-electron chi connectivity index (χ1n) is 27.3. The van der Waals surface area contributed by atoms with Gasteiger partial charge in [0.1, 0.15) is 13.2 Å². The fourth-order valence-electron chi connectivity index (χ4n) is 7.73. The smallest absolute Gasteiger partial charge is 0.306 e. The van der Waals surface area contributed by atoms with Crippen LogP contribution in [0.25, 0.3) is 0 Å². The third-order valence-corrected chi connectivity index (χ3v) is 11.8. The highest BCUT2D eigenvalue weighted by molar-refractivity contribution is 5.71. The Bertz CT molecular complexity index is 1170. The van der Waals surface area contributed by atoms with Crippen LogP contribution in [0.1, 0.15) is 271 Å². The molecule has 0 aromatic heterocycles. The maximum atomic E-state index is 12.8. The Balaban J connectivity index is 4.37. The van der Waals surface area contributed by atoms with Gasteiger partial charge in [0.15, 0.2) is 6.10 Å². The van der Waals surface area contributed by atoms with Gasteiger partial charge in [0.25, 0.3) is 0 Å². The summed E-state index contributed by atoms with van der Waals surface area (Å²) in [7, 11) is 0. The summed E-state index contributed by atoms with van der Waals surface area (Å²) in [4.78, 5) is 38.0. The Labute approximate surface area is 396 Å². The van der Waals surface area contributed by atoms with Crippen molar-refractivity contribution in [3.8, 4) is 0 Å². The maximum absolute atomic E-state index is 12.8. The highest BCUT2D eigenvalue weighted by atomic mass is 16.6. The molecule has 0 aliphatic rings. The van der Waals surface area contributed by atoms with Gasteiger partial charge in [0, 0.05) is 19.3 Å². The molecule has 1 atom stereocenters. The zero-order valence-corrected chi connectivity index (χ0v) is 42.3. The molecular weight excluding hydrogens is 793 g/mol. The lowest BCUT2D eigenvalue weighted by molar-refractivity contribution is -0.167. The molecule has 0 aromatic carbocycles. The van der Waals surface area contributed by atoms with Crippen LogP contribution in [0.2, 0.25) is 0 Å². The summed E-state index contributed by atoms with van der Waals surface area (Å²) in [6, 6.07) is 0. The van der Waals surface area contributed by atoms with Crippen molar-refractivity contribution in [1.29, 1.82) is 0 Å². The van der Waals surface area contributed by atoms with Gasteiger partial charge in [-0.25, -0.2) is 0 Å². The van der Waals surface area contributed by atoms with Gasteiger partial charge in [-0.15, -0.1) is 0 Å². The minimum atomic E-state index is -0.787. The maximum Gasteiger partial charge on any atom is 0.306 e. The van der Waals surface area contributed by atoms with E-state index in [0.717, 1.165) is 96.3 Å². The minimum Gasteiger partial charge on any atom is -0.462 e. The average Bonchev–Trinajstić information content (AvgIpc) is 3.29. The van der Waals surface area contributed by atoms with Crippen LogP contribution in [0.3, 0.4) is 0 Å². The lowest BCUT2D eigenvalue weighted by Crippen LogP contribution is -2.30. The molecule has 0 aromatic rings. The minimum absolute atomic E-state index is 0.0837. The third-order valence-electron chi connectivity index (χ3n) is 11.8. The number of carbonyl (C=O) groups excluding carboxylic acids is 3. The molecule has 0 rings (SSSR count). The molecular formula is C58H102O6. The van der Waals surface area contributed by atoms with Crippen LogP contribution in [0.4, 0.5) is 0 Å². The fraction of sp³-hybridized carbons (Fsp3) is 0.776. The standard InChI is InChI=1S/C58H102O6/c1-4-7-10-13-16-19-22-25-27-28-29-31-33-36-39-42-45-48-51-57(60)63-54-55(53-62-56(59)50-47-44-41-38-35-32-24-21-18-15-12-9-6-3)64-58(61)52-49-46-43-40-37-34-30-26-23-20-17-14-11-8-5-2/h9,12,15,17-18,20-21,23-24,26,55H,4-8,10-11,13-14,16,19,22,25,27-54H2,1-3H3/b12-9-,18-15-,20-17-,24-21-,26-23-. The van der Waals surface area contributed by atoms with Crippen molar-refractivity contribution in [2.45, 2.75) is 277 Å². The Morgan fingerprint density at radius 3 is 0.984 bits per heavy atom. The van der Waals surface area contributed by atoms with E-state index < -0.39 is 6.10 Å². The summed E-state index contributed by atoms with van der Waals surface area (Å²) < 4.78 is 16.8. The van der Waals surface area contributed by atoms with Crippen LogP contribution >= 0.6 is 0 Å². The molecule has 0 saturated carbocycles. The number of rotatable bonds is 49. The van der Waals surface area contributed by atoms with E-state index in [1.165, 1.54) is 135 Å². The van der Waals surface area contributed by atoms with Gasteiger partial charge in [-0.3, -0.25) is 14.4 Å². The molecule has 0 saturated heterocycles. The molecule has 0 bridgehead atoms. The summed E-state index contributed by atoms with van der Waals surface area (Å²) in [5.74, 6) is -0.908. The molecule has 0 heterocycles. The fourth-order valence-corrected chi connectivity index (χ4v) is 7.73. The van der Waals surface area contributed by atoms with E-state index in [-0.39, 0.29) is 31.1 Å². The first-order valence-corrected chi connectivity index (χ1v) is 27.3. The van der Waals surface area contributed by atoms with E-state index in [2.05, 4.69) is 81.5 Å². The van der Waals surface area contributed by atoms with Gasteiger partial charge in [0.05, 0.1) is 0 Å². The summed E-state index contributed by atoms with van der Waals surface area (Å²) in [5, 5.41) is 0. The van der Waals surface area contributed by atoms with Crippen molar-refractivity contribution >= 4 is 17.9 Å². The van der Waals surface area contributed by atoms with Crippen LogP contribution in [0.5, 0.6) is 0 Å². The second-order valence-corrected chi connectivity index (χ2v) is 18.2. The number of hydrogen-bond acceptors (Lipinski definition) is 6. The zero-order chi connectivity index (χ0) is 46.5. The van der Waals surface area contributed by atoms with Crippen molar-refractivity contribution in [1.82, 2.24) is 0 Å². The Morgan fingerprint density at radius 1 is 0.328 bits per heavy atom. The second-order valence-electron chi connectivity index (χ2n) is 18.2. The van der Waals surface area contributed by atoms with Crippen molar-refractivity contribution in [2.75, 3.05) is 13.2 Å². The van der Waals surface area contributed by atoms with Gasteiger partial charge >= 0.3 is 17.9 Å². The number of ether oxygens (including phenoxy) is 3. The molecule has 0 aliphatic heterocycles. The monoisotopic (exact) mass is 895 g/mol. The largest absolute Gasteiger partial charge is 0.462 e. The summed E-state index contributed by atoms with van der Waals surface area (Å²) >= 11 is 0. The SMILES string of the molecule is CC\C=C/C=C\C=C/CCCCCCCC(=O)OCC(COC(=O)CCCCCCCCCCCCCCCCCCCC)OC(=O)CCCCCCCC/C=C\C=C/CCCCC. The van der Waals surface area contributed by atoms with Crippen molar-refractivity contribution in [2.24, 2.45) is 0 Å². The highest BCUT2D eigenvalue weighted by Crippen LogP contribution is 2.16. The summed E-state index contributed by atoms with van der Waals surface area (Å²) in [6.07, 6.45) is 64.9. The van der Waals surface area contributed by atoms with E-state index in [4.69, 9.17) is 14.2 Å².